The number of hydrogen-bond acceptors (Lipinski definition) is 3. The van der Waals surface area contributed by atoms with Gasteiger partial charge in [-0.1, -0.05) is 6.42 Å². The molecule has 1 N–H and O–H groups in total. The van der Waals surface area contributed by atoms with E-state index >= 15 is 0 Å². The van der Waals surface area contributed by atoms with Gasteiger partial charge in [0.1, 0.15) is 0 Å². The molecule has 0 spiro atoms. The second kappa shape index (κ2) is 6.50. The third kappa shape index (κ3) is 5.17. The normalized spacial score (nSPS) is 19.4. The Morgan fingerprint density at radius 3 is 2.41 bits per heavy atom. The van der Waals surface area contributed by atoms with Crippen molar-refractivity contribution < 1.29 is 14.1 Å². The number of carboxylic acids is 1. The Hall–Kier alpha value is -0.420. The lowest BCUT2D eigenvalue weighted by molar-refractivity contribution is -0.147. The lowest BCUT2D eigenvalue weighted by Gasteiger charge is -2.26. The summed E-state index contributed by atoms with van der Waals surface area (Å²) >= 11 is 0. The molecule has 0 unspecified atom stereocenters. The van der Waals surface area contributed by atoms with E-state index in [1.165, 1.54) is 0 Å². The van der Waals surface area contributed by atoms with Crippen molar-refractivity contribution in [3.63, 3.8) is 0 Å². The summed E-state index contributed by atoms with van der Waals surface area (Å²) < 4.78 is 11.2. The maximum atomic E-state index is 11.2. The van der Waals surface area contributed by atoms with Crippen LogP contribution < -0.4 is 0 Å². The van der Waals surface area contributed by atoms with Crippen LogP contribution in [0.1, 0.15) is 33.1 Å². The summed E-state index contributed by atoms with van der Waals surface area (Å²) in [5.41, 5.74) is -0.608. The second-order valence-electron chi connectivity index (χ2n) is 5.34. The van der Waals surface area contributed by atoms with Crippen molar-refractivity contribution >= 4 is 16.8 Å². The first-order valence-electron chi connectivity index (χ1n) is 6.22. The molecule has 0 amide bonds. The van der Waals surface area contributed by atoms with Gasteiger partial charge in [0.2, 0.25) is 0 Å². The number of aliphatic carboxylic acids is 1. The SMILES string of the molecule is CC(C)(CCCCN1CCS(=O)CC1)C(=O)O. The molecule has 5 heteroatoms. The molecule has 1 rings (SSSR count). The first kappa shape index (κ1) is 14.6. The zero-order valence-corrected chi connectivity index (χ0v) is 11.6. The van der Waals surface area contributed by atoms with Crippen LogP contribution in [0.15, 0.2) is 0 Å². The van der Waals surface area contributed by atoms with E-state index < -0.39 is 22.2 Å². The lowest BCUT2D eigenvalue weighted by Crippen LogP contribution is -2.38. The summed E-state index contributed by atoms with van der Waals surface area (Å²) in [6.45, 7) is 6.41. The van der Waals surface area contributed by atoms with Crippen LogP contribution in [0, 0.1) is 5.41 Å². The third-order valence-corrected chi connectivity index (χ3v) is 4.65. The second-order valence-corrected chi connectivity index (χ2v) is 7.03. The van der Waals surface area contributed by atoms with E-state index in [0.717, 1.165) is 50.4 Å². The molecule has 0 saturated carbocycles. The summed E-state index contributed by atoms with van der Waals surface area (Å²) in [5, 5.41) is 8.97. The fourth-order valence-corrected chi connectivity index (χ4v) is 3.04. The van der Waals surface area contributed by atoms with Crippen LogP contribution in [0.3, 0.4) is 0 Å². The van der Waals surface area contributed by atoms with E-state index in [-0.39, 0.29) is 0 Å². The van der Waals surface area contributed by atoms with Gasteiger partial charge in [0, 0.05) is 35.4 Å². The van der Waals surface area contributed by atoms with Crippen molar-refractivity contribution in [3.8, 4) is 0 Å². The molecule has 0 aromatic carbocycles. The highest BCUT2D eigenvalue weighted by Crippen LogP contribution is 2.23. The molecule has 4 nitrogen and oxygen atoms in total. The Bertz CT molecular complexity index is 281. The minimum Gasteiger partial charge on any atom is -0.481 e. The molecule has 0 aromatic rings. The van der Waals surface area contributed by atoms with Gasteiger partial charge in [0.25, 0.3) is 0 Å². The van der Waals surface area contributed by atoms with E-state index in [9.17, 15) is 9.00 Å². The highest BCUT2D eigenvalue weighted by Gasteiger charge is 2.26. The molecule has 1 aliphatic rings. The van der Waals surface area contributed by atoms with E-state index in [1.807, 2.05) is 0 Å². The first-order chi connectivity index (χ1) is 7.92. The van der Waals surface area contributed by atoms with Gasteiger partial charge >= 0.3 is 5.97 Å². The molecule has 1 aliphatic heterocycles. The van der Waals surface area contributed by atoms with Gasteiger partial charge in [0.15, 0.2) is 0 Å². The van der Waals surface area contributed by atoms with Crippen molar-refractivity contribution in [3.05, 3.63) is 0 Å². The topological polar surface area (TPSA) is 57.6 Å². The van der Waals surface area contributed by atoms with Crippen molar-refractivity contribution in [1.29, 1.82) is 0 Å². The number of carboxylic acid groups (broad SMARTS) is 1. The zero-order valence-electron chi connectivity index (χ0n) is 10.8. The average Bonchev–Trinajstić information content (AvgIpc) is 2.26. The van der Waals surface area contributed by atoms with Crippen molar-refractivity contribution in [2.24, 2.45) is 5.41 Å². The van der Waals surface area contributed by atoms with Crippen LogP contribution in [0.4, 0.5) is 0 Å². The first-order valence-corrected chi connectivity index (χ1v) is 7.71. The number of hydrogen-bond donors (Lipinski definition) is 1. The number of rotatable bonds is 6. The molecule has 0 aromatic heterocycles. The maximum Gasteiger partial charge on any atom is 0.309 e. The Morgan fingerprint density at radius 2 is 1.88 bits per heavy atom. The largest absolute Gasteiger partial charge is 0.481 e. The summed E-state index contributed by atoms with van der Waals surface area (Å²) in [6, 6.07) is 0. The van der Waals surface area contributed by atoms with E-state index in [2.05, 4.69) is 4.90 Å². The fourth-order valence-electron chi connectivity index (χ4n) is 1.91. The van der Waals surface area contributed by atoms with Crippen molar-refractivity contribution in [2.45, 2.75) is 33.1 Å². The Morgan fingerprint density at radius 1 is 1.29 bits per heavy atom. The van der Waals surface area contributed by atoms with Crippen LogP contribution in [0.5, 0.6) is 0 Å². The predicted octanol–water partition coefficient (Wildman–Crippen LogP) is 1.33. The average molecular weight is 261 g/mol. The Labute approximate surface area is 106 Å². The minimum atomic E-state index is -0.717. The van der Waals surface area contributed by atoms with Crippen LogP contribution in [0.2, 0.25) is 0 Å². The number of carbonyl (C=O) groups is 1. The predicted molar refractivity (Wildman–Crippen MR) is 69.6 cm³/mol. The molecular formula is C12H23NO3S. The van der Waals surface area contributed by atoms with Crippen LogP contribution >= 0.6 is 0 Å². The monoisotopic (exact) mass is 261 g/mol. The Balaban J connectivity index is 2.12. The summed E-state index contributed by atoms with van der Waals surface area (Å²) in [6.07, 6.45) is 2.70. The molecule has 1 fully saturated rings. The van der Waals surface area contributed by atoms with E-state index in [4.69, 9.17) is 5.11 Å². The molecule has 0 bridgehead atoms. The molecular weight excluding hydrogens is 238 g/mol. The van der Waals surface area contributed by atoms with E-state index in [0.29, 0.717) is 0 Å². The molecule has 100 valence electrons. The van der Waals surface area contributed by atoms with Gasteiger partial charge < -0.3 is 10.0 Å². The highest BCUT2D eigenvalue weighted by molar-refractivity contribution is 7.85. The van der Waals surface area contributed by atoms with Crippen molar-refractivity contribution in [2.75, 3.05) is 31.1 Å². The highest BCUT2D eigenvalue weighted by atomic mass is 32.2. The smallest absolute Gasteiger partial charge is 0.309 e. The van der Waals surface area contributed by atoms with Gasteiger partial charge in [-0.05, 0) is 33.2 Å². The maximum absolute atomic E-state index is 11.2. The Kier molecular flexibility index (Phi) is 5.59. The number of nitrogens with zero attached hydrogens (tertiary/aromatic N) is 1. The van der Waals surface area contributed by atoms with Gasteiger partial charge in [-0.3, -0.25) is 9.00 Å². The molecule has 17 heavy (non-hydrogen) atoms. The quantitative estimate of drug-likeness (QED) is 0.733. The van der Waals surface area contributed by atoms with Crippen LogP contribution in [-0.4, -0.2) is 51.3 Å². The summed E-state index contributed by atoms with van der Waals surface area (Å²) in [7, 11) is -0.608. The molecule has 0 atom stereocenters. The van der Waals surface area contributed by atoms with Gasteiger partial charge in [0.05, 0.1) is 5.41 Å². The molecule has 0 radical (unpaired) electrons. The van der Waals surface area contributed by atoms with Gasteiger partial charge in [-0.25, -0.2) is 0 Å². The minimum absolute atomic E-state index is 0.608. The van der Waals surface area contributed by atoms with Crippen molar-refractivity contribution in [1.82, 2.24) is 4.90 Å². The van der Waals surface area contributed by atoms with Crippen LogP contribution in [-0.2, 0) is 15.6 Å². The third-order valence-electron chi connectivity index (χ3n) is 3.38. The summed E-state index contributed by atoms with van der Waals surface area (Å²) in [5.74, 6) is 0.868. The lowest BCUT2D eigenvalue weighted by atomic mass is 9.87. The molecule has 1 heterocycles. The fraction of sp³-hybridized carbons (Fsp3) is 0.917. The van der Waals surface area contributed by atoms with Gasteiger partial charge in [-0.2, -0.15) is 0 Å². The van der Waals surface area contributed by atoms with Gasteiger partial charge in [-0.15, -0.1) is 0 Å². The summed E-state index contributed by atoms with van der Waals surface area (Å²) in [4.78, 5) is 13.2. The number of unbranched alkanes of at least 4 members (excludes halogenated alkanes) is 1. The molecule has 0 aliphatic carbocycles. The standard InChI is InChI=1S/C12H23NO3S/c1-12(2,11(14)15)5-3-4-6-13-7-9-17(16)10-8-13/h3-10H2,1-2H3,(H,14,15). The van der Waals surface area contributed by atoms with Crippen LogP contribution in [0.25, 0.3) is 0 Å². The van der Waals surface area contributed by atoms with E-state index in [1.54, 1.807) is 13.8 Å². The molecule has 1 saturated heterocycles. The zero-order chi connectivity index (χ0) is 12.9.